The van der Waals surface area contributed by atoms with Crippen molar-refractivity contribution in [2.24, 2.45) is 11.8 Å². The van der Waals surface area contributed by atoms with E-state index in [1.54, 1.807) is 19.1 Å². The van der Waals surface area contributed by atoms with E-state index in [2.05, 4.69) is 5.43 Å². The smallest absolute Gasteiger partial charge is 0.279 e. The minimum absolute atomic E-state index is 0.199. The molecule has 132 valence electrons. The Morgan fingerprint density at radius 2 is 1.72 bits per heavy atom. The fourth-order valence-corrected chi connectivity index (χ4v) is 3.90. The standard InChI is InChI=1S/C18H20N2O5/c1-9-3-5-11(6-4-9)24-10(2)16(21)19-20-17(22)14-12-7-8-13(25-12)15(14)18(20)23/h3-6,10,12-15H,7-8H2,1-2H3,(H,19,21)/t10-,12+,13+,14-,15+/m1/s1. The molecule has 3 saturated heterocycles. The zero-order valence-corrected chi connectivity index (χ0v) is 14.1. The summed E-state index contributed by atoms with van der Waals surface area (Å²) in [5, 5.41) is 0.862. The first-order valence-electron chi connectivity index (χ1n) is 8.53. The van der Waals surface area contributed by atoms with Crippen molar-refractivity contribution in [3.8, 4) is 5.75 Å². The van der Waals surface area contributed by atoms with E-state index in [9.17, 15) is 14.4 Å². The van der Waals surface area contributed by atoms with E-state index in [0.29, 0.717) is 5.75 Å². The van der Waals surface area contributed by atoms with Gasteiger partial charge in [-0.1, -0.05) is 17.7 Å². The van der Waals surface area contributed by atoms with Gasteiger partial charge in [0.25, 0.3) is 17.7 Å². The molecule has 5 atom stereocenters. The second-order valence-corrected chi connectivity index (χ2v) is 6.90. The van der Waals surface area contributed by atoms with Crippen LogP contribution < -0.4 is 10.2 Å². The summed E-state index contributed by atoms with van der Waals surface area (Å²) in [7, 11) is 0. The Labute approximate surface area is 145 Å². The molecule has 1 aromatic carbocycles. The second kappa shape index (κ2) is 5.84. The van der Waals surface area contributed by atoms with Crippen molar-refractivity contribution in [3.63, 3.8) is 0 Å². The number of hydrogen-bond donors (Lipinski definition) is 1. The summed E-state index contributed by atoms with van der Waals surface area (Å²) in [6.45, 7) is 3.53. The van der Waals surface area contributed by atoms with Crippen LogP contribution in [0.15, 0.2) is 24.3 Å². The average molecular weight is 344 g/mol. The van der Waals surface area contributed by atoms with Gasteiger partial charge in [-0.05, 0) is 38.8 Å². The van der Waals surface area contributed by atoms with Crippen molar-refractivity contribution in [1.29, 1.82) is 0 Å². The van der Waals surface area contributed by atoms with Gasteiger partial charge in [-0.25, -0.2) is 0 Å². The van der Waals surface area contributed by atoms with Crippen LogP contribution in [0.2, 0.25) is 0 Å². The molecule has 7 heteroatoms. The molecule has 0 saturated carbocycles. The maximum atomic E-state index is 12.5. The third-order valence-electron chi connectivity index (χ3n) is 5.21. The van der Waals surface area contributed by atoms with Gasteiger partial charge < -0.3 is 9.47 Å². The summed E-state index contributed by atoms with van der Waals surface area (Å²) in [6.07, 6.45) is 0.347. The number of benzene rings is 1. The summed E-state index contributed by atoms with van der Waals surface area (Å²) in [6, 6.07) is 7.30. The van der Waals surface area contributed by atoms with Gasteiger partial charge in [0.2, 0.25) is 0 Å². The lowest BCUT2D eigenvalue weighted by Gasteiger charge is -2.21. The van der Waals surface area contributed by atoms with Crippen molar-refractivity contribution in [3.05, 3.63) is 29.8 Å². The van der Waals surface area contributed by atoms with Gasteiger partial charge in [0.15, 0.2) is 6.10 Å². The number of hydrogen-bond acceptors (Lipinski definition) is 5. The van der Waals surface area contributed by atoms with Crippen molar-refractivity contribution in [1.82, 2.24) is 10.4 Å². The first-order valence-corrected chi connectivity index (χ1v) is 8.53. The SMILES string of the molecule is Cc1ccc(O[C@H](C)C(=O)NN2C(=O)[C@@H]3[C@H](C2=O)[C@@H]2CC[C@@H]3O2)cc1. The first-order chi connectivity index (χ1) is 12.0. The van der Waals surface area contributed by atoms with Crippen LogP contribution in [0.3, 0.4) is 0 Å². The Balaban J connectivity index is 1.41. The maximum absolute atomic E-state index is 12.5. The van der Waals surface area contributed by atoms with Crippen LogP contribution in [-0.4, -0.2) is 41.0 Å². The number of nitrogens with zero attached hydrogens (tertiary/aromatic N) is 1. The zero-order chi connectivity index (χ0) is 17.7. The third-order valence-corrected chi connectivity index (χ3v) is 5.21. The molecule has 0 aromatic heterocycles. The number of imide groups is 1. The summed E-state index contributed by atoms with van der Waals surface area (Å²) in [5.74, 6) is -1.65. The van der Waals surface area contributed by atoms with E-state index in [0.717, 1.165) is 23.4 Å². The van der Waals surface area contributed by atoms with Gasteiger partial charge in [-0.3, -0.25) is 19.8 Å². The Hall–Kier alpha value is -2.41. The van der Waals surface area contributed by atoms with E-state index >= 15 is 0 Å². The Morgan fingerprint density at radius 3 is 2.28 bits per heavy atom. The predicted molar refractivity (Wildman–Crippen MR) is 86.1 cm³/mol. The molecule has 7 nitrogen and oxygen atoms in total. The fraction of sp³-hybridized carbons (Fsp3) is 0.500. The van der Waals surface area contributed by atoms with Crippen molar-refractivity contribution in [2.45, 2.75) is 45.0 Å². The summed E-state index contributed by atoms with van der Waals surface area (Å²) >= 11 is 0. The molecule has 3 fully saturated rings. The second-order valence-electron chi connectivity index (χ2n) is 6.90. The molecule has 3 heterocycles. The monoisotopic (exact) mass is 344 g/mol. The highest BCUT2D eigenvalue weighted by atomic mass is 16.5. The maximum Gasteiger partial charge on any atom is 0.279 e. The molecule has 25 heavy (non-hydrogen) atoms. The molecule has 0 spiro atoms. The van der Waals surface area contributed by atoms with Crippen LogP contribution >= 0.6 is 0 Å². The number of fused-ring (bicyclic) bond motifs is 5. The molecule has 0 aliphatic carbocycles. The molecule has 4 rings (SSSR count). The van der Waals surface area contributed by atoms with Crippen molar-refractivity contribution < 1.29 is 23.9 Å². The highest BCUT2D eigenvalue weighted by Gasteiger charge is 2.63. The molecule has 2 bridgehead atoms. The number of rotatable bonds is 4. The Bertz CT molecular complexity index is 703. The molecule has 1 N–H and O–H groups in total. The van der Waals surface area contributed by atoms with Crippen LogP contribution in [0.5, 0.6) is 5.75 Å². The van der Waals surface area contributed by atoms with Gasteiger partial charge in [-0.2, -0.15) is 5.01 Å². The lowest BCUT2D eigenvalue weighted by atomic mass is 9.81. The zero-order valence-electron chi connectivity index (χ0n) is 14.1. The molecule has 3 aliphatic heterocycles. The molecular formula is C18H20N2O5. The molecular weight excluding hydrogens is 324 g/mol. The van der Waals surface area contributed by atoms with Crippen LogP contribution in [0.25, 0.3) is 0 Å². The quantitative estimate of drug-likeness (QED) is 0.822. The molecule has 1 aromatic rings. The number of nitrogens with one attached hydrogen (secondary N) is 1. The highest BCUT2D eigenvalue weighted by molar-refractivity contribution is 6.07. The van der Waals surface area contributed by atoms with Gasteiger partial charge in [-0.15, -0.1) is 0 Å². The van der Waals surface area contributed by atoms with Crippen LogP contribution in [0.4, 0.5) is 0 Å². The van der Waals surface area contributed by atoms with Crippen molar-refractivity contribution >= 4 is 17.7 Å². The van der Waals surface area contributed by atoms with Gasteiger partial charge >= 0.3 is 0 Å². The average Bonchev–Trinajstić information content (AvgIpc) is 3.26. The molecule has 3 aliphatic rings. The van der Waals surface area contributed by atoms with E-state index < -0.39 is 23.8 Å². The van der Waals surface area contributed by atoms with E-state index in [1.807, 2.05) is 19.1 Å². The number of hydrazine groups is 1. The highest BCUT2D eigenvalue weighted by Crippen LogP contribution is 2.47. The lowest BCUT2D eigenvalue weighted by molar-refractivity contribution is -0.153. The molecule has 0 radical (unpaired) electrons. The minimum Gasteiger partial charge on any atom is -0.481 e. The summed E-state index contributed by atoms with van der Waals surface area (Å²) in [4.78, 5) is 37.4. The van der Waals surface area contributed by atoms with E-state index in [-0.39, 0.29) is 24.0 Å². The molecule has 3 amide bonds. The van der Waals surface area contributed by atoms with Gasteiger partial charge in [0.05, 0.1) is 24.0 Å². The van der Waals surface area contributed by atoms with Crippen LogP contribution in [0.1, 0.15) is 25.3 Å². The van der Waals surface area contributed by atoms with Crippen molar-refractivity contribution in [2.75, 3.05) is 0 Å². The van der Waals surface area contributed by atoms with Crippen LogP contribution in [-0.2, 0) is 19.1 Å². The third kappa shape index (κ3) is 2.59. The minimum atomic E-state index is -0.836. The number of ether oxygens (including phenoxy) is 2. The van der Waals surface area contributed by atoms with Gasteiger partial charge in [0, 0.05) is 0 Å². The van der Waals surface area contributed by atoms with E-state index in [4.69, 9.17) is 9.47 Å². The Morgan fingerprint density at radius 1 is 1.16 bits per heavy atom. The molecule has 0 unspecified atom stereocenters. The van der Waals surface area contributed by atoms with Gasteiger partial charge in [0.1, 0.15) is 5.75 Å². The normalized spacial score (nSPS) is 31.2. The number of amides is 3. The fourth-order valence-electron chi connectivity index (χ4n) is 3.90. The number of carbonyl (C=O) groups is 3. The van der Waals surface area contributed by atoms with Crippen LogP contribution in [0, 0.1) is 18.8 Å². The predicted octanol–water partition coefficient (Wildman–Crippen LogP) is 0.956. The largest absolute Gasteiger partial charge is 0.481 e. The number of carbonyl (C=O) groups excluding carboxylic acids is 3. The summed E-state index contributed by atoms with van der Waals surface area (Å²) < 4.78 is 11.2. The first kappa shape index (κ1) is 16.1. The summed E-state index contributed by atoms with van der Waals surface area (Å²) in [5.41, 5.74) is 3.51. The number of aryl methyl sites for hydroxylation is 1. The van der Waals surface area contributed by atoms with E-state index in [1.165, 1.54) is 0 Å². The topological polar surface area (TPSA) is 84.9 Å². The lowest BCUT2D eigenvalue weighted by Crippen LogP contribution is -2.51. The Kier molecular flexibility index (Phi) is 3.76.